The van der Waals surface area contributed by atoms with Gasteiger partial charge in [0.15, 0.2) is 0 Å². The fourth-order valence-corrected chi connectivity index (χ4v) is 8.02. The molecular weight excluding hydrogens is 539 g/mol. The van der Waals surface area contributed by atoms with Crippen molar-refractivity contribution >= 4 is 68.7 Å². The molecule has 0 saturated carbocycles. The summed E-state index contributed by atoms with van der Waals surface area (Å²) < 4.78 is 1.71. The molecule has 4 rings (SSSR count). The summed E-state index contributed by atoms with van der Waals surface area (Å²) in [6.45, 7) is 7.68. The fraction of sp³-hybridized carbons (Fsp3) is 0.556. The molecule has 0 spiro atoms. The summed E-state index contributed by atoms with van der Waals surface area (Å²) in [7, 11) is 6.11. The van der Waals surface area contributed by atoms with E-state index in [1.807, 2.05) is 34.9 Å². The van der Waals surface area contributed by atoms with Crippen molar-refractivity contribution in [3.05, 3.63) is 43.4 Å². The van der Waals surface area contributed by atoms with Crippen LogP contribution in [0.15, 0.2) is 33.6 Å². The molecule has 0 aliphatic carbocycles. The Morgan fingerprint density at radius 2 is 1.63 bits per heavy atom. The number of likely N-dealkylation sites (tertiary alicyclic amines) is 1. The largest absolute Gasteiger partial charge is 0.330 e. The number of nitrogens with zero attached hydrogens (tertiary/aromatic N) is 2. The molecule has 8 heteroatoms. The smallest absolute Gasteiger partial charge is 0.253 e. The van der Waals surface area contributed by atoms with Gasteiger partial charge >= 0.3 is 0 Å². The number of unbranched alkanes of at least 4 members (excludes halogenated alkanes) is 6. The highest BCUT2D eigenvalue weighted by atomic mass is 79.9. The third-order valence-electron chi connectivity index (χ3n) is 7.26. The fourth-order valence-electron chi connectivity index (χ4n) is 5.52. The first-order valence-electron chi connectivity index (χ1n) is 12.8. The molecule has 2 aromatic heterocycles. The molecule has 186 valence electrons. The van der Waals surface area contributed by atoms with Crippen LogP contribution in [0, 0.1) is 5.41 Å². The number of fused-ring (bicyclic) bond motifs is 1. The topological polar surface area (TPSA) is 40.6 Å². The Hall–Kier alpha value is -1.38. The molecule has 4 heterocycles. The molecule has 2 aromatic rings. The Morgan fingerprint density at radius 1 is 0.943 bits per heavy atom. The first-order valence-corrected chi connectivity index (χ1v) is 15.3. The summed E-state index contributed by atoms with van der Waals surface area (Å²) in [5, 5.41) is 0. The molecule has 0 aromatic carbocycles. The Kier molecular flexibility index (Phi) is 8.65. The van der Waals surface area contributed by atoms with Crippen molar-refractivity contribution in [2.24, 2.45) is 5.41 Å². The maximum absolute atomic E-state index is 14.3. The van der Waals surface area contributed by atoms with Gasteiger partial charge in [-0.25, -0.2) is 0 Å². The molecule has 35 heavy (non-hydrogen) atoms. The van der Waals surface area contributed by atoms with Crippen LogP contribution in [0.1, 0.15) is 87.9 Å². The lowest BCUT2D eigenvalue weighted by Crippen LogP contribution is -2.41. The predicted molar refractivity (Wildman–Crippen MR) is 151 cm³/mol. The van der Waals surface area contributed by atoms with Gasteiger partial charge in [-0.1, -0.05) is 58.4 Å². The second kappa shape index (κ2) is 11.3. The number of halogens is 1. The minimum Gasteiger partial charge on any atom is -0.330 e. The second-order valence-corrected chi connectivity index (χ2v) is 13.4. The summed E-state index contributed by atoms with van der Waals surface area (Å²) in [6, 6.07) is 7.64. The number of amides is 2. The zero-order chi connectivity index (χ0) is 25.2. The van der Waals surface area contributed by atoms with Gasteiger partial charge in [0.1, 0.15) is 13.3 Å². The number of hydrogen-bond acceptors (Lipinski definition) is 4. The van der Waals surface area contributed by atoms with Crippen molar-refractivity contribution in [1.29, 1.82) is 0 Å². The third-order valence-corrected chi connectivity index (χ3v) is 9.86. The molecule has 0 N–H and O–H groups in total. The van der Waals surface area contributed by atoms with Crippen molar-refractivity contribution in [3.63, 3.8) is 0 Å². The summed E-state index contributed by atoms with van der Waals surface area (Å²) >= 11 is 6.68. The summed E-state index contributed by atoms with van der Waals surface area (Å²) in [4.78, 5) is 34.3. The van der Waals surface area contributed by atoms with Gasteiger partial charge in [-0.15, -0.1) is 11.3 Å². The quantitative estimate of drug-likeness (QED) is 0.210. The lowest BCUT2D eigenvalue weighted by Gasteiger charge is -2.34. The number of rotatable bonds is 12. The van der Waals surface area contributed by atoms with Gasteiger partial charge < -0.3 is 9.80 Å². The van der Waals surface area contributed by atoms with E-state index < -0.39 is 5.41 Å². The highest BCUT2D eigenvalue weighted by Crippen LogP contribution is 2.60. The van der Waals surface area contributed by atoms with Crippen LogP contribution < -0.4 is 4.78 Å². The Labute approximate surface area is 227 Å². The van der Waals surface area contributed by atoms with Crippen LogP contribution in [0.5, 0.6) is 0 Å². The molecule has 2 aliphatic rings. The van der Waals surface area contributed by atoms with E-state index in [2.05, 4.69) is 35.8 Å². The van der Waals surface area contributed by atoms with Crippen molar-refractivity contribution in [2.45, 2.75) is 78.2 Å². The van der Waals surface area contributed by atoms with Gasteiger partial charge in [-0.2, -0.15) is 11.3 Å². The first kappa shape index (κ1) is 26.7. The number of carbonyl (C=O) groups is 2. The van der Waals surface area contributed by atoms with Crippen LogP contribution in [0.2, 0.25) is 0 Å². The Bertz CT molecular complexity index is 1110. The molecule has 1 fully saturated rings. The van der Waals surface area contributed by atoms with Crippen LogP contribution in [-0.4, -0.2) is 42.5 Å². The third kappa shape index (κ3) is 4.95. The van der Waals surface area contributed by atoms with Crippen LogP contribution >= 0.6 is 38.6 Å². The van der Waals surface area contributed by atoms with Crippen molar-refractivity contribution < 1.29 is 9.59 Å². The van der Waals surface area contributed by atoms with E-state index in [9.17, 15) is 9.59 Å². The number of carbonyl (C=O) groups excluding carboxylic acids is 2. The molecule has 0 bridgehead atoms. The van der Waals surface area contributed by atoms with E-state index in [1.165, 1.54) is 11.3 Å². The molecule has 2 radical (unpaired) electrons. The molecular formula is C27H34BBrN2O2S2. The zero-order valence-electron chi connectivity index (χ0n) is 20.9. The lowest BCUT2D eigenvalue weighted by atomic mass is 9.78. The van der Waals surface area contributed by atoms with Crippen LogP contribution in [0.25, 0.3) is 5.70 Å². The molecule has 2 amide bonds. The van der Waals surface area contributed by atoms with Gasteiger partial charge in [0.2, 0.25) is 5.91 Å². The average Bonchev–Trinajstić information content (AvgIpc) is 3.55. The summed E-state index contributed by atoms with van der Waals surface area (Å²) in [5.74, 6) is 0.0507. The summed E-state index contributed by atoms with van der Waals surface area (Å²) in [5.41, 5.74) is 0.535. The monoisotopic (exact) mass is 572 g/mol. The van der Waals surface area contributed by atoms with E-state index in [0.29, 0.717) is 23.4 Å². The SMILES string of the molecule is [B]c1ccc(C2=C3C(=O)N(CCCCCC)C(c4ccc(Br)s4)C3(C)C(=O)N2CCCCCC)s1. The minimum absolute atomic E-state index is 0.00454. The van der Waals surface area contributed by atoms with Crippen molar-refractivity contribution in [3.8, 4) is 0 Å². The average molecular weight is 573 g/mol. The van der Waals surface area contributed by atoms with Gasteiger partial charge in [-0.3, -0.25) is 9.59 Å². The minimum atomic E-state index is -0.912. The van der Waals surface area contributed by atoms with Crippen LogP contribution in [0.4, 0.5) is 0 Å². The second-order valence-electron chi connectivity index (χ2n) is 9.75. The van der Waals surface area contributed by atoms with E-state index in [4.69, 9.17) is 7.85 Å². The first-order chi connectivity index (χ1) is 16.8. The number of hydrogen-bond donors (Lipinski definition) is 0. The van der Waals surface area contributed by atoms with Crippen molar-refractivity contribution in [1.82, 2.24) is 9.80 Å². The Balaban J connectivity index is 1.81. The van der Waals surface area contributed by atoms with Crippen molar-refractivity contribution in [2.75, 3.05) is 13.1 Å². The molecule has 4 nitrogen and oxygen atoms in total. The van der Waals surface area contributed by atoms with E-state index in [0.717, 1.165) is 70.6 Å². The maximum atomic E-state index is 14.3. The van der Waals surface area contributed by atoms with Gasteiger partial charge in [-0.05, 0) is 58.7 Å². The lowest BCUT2D eigenvalue weighted by molar-refractivity contribution is -0.136. The van der Waals surface area contributed by atoms with Crippen LogP contribution in [-0.2, 0) is 9.59 Å². The highest BCUT2D eigenvalue weighted by Gasteiger charge is 2.64. The Morgan fingerprint density at radius 3 is 2.20 bits per heavy atom. The number of thiophene rings is 2. The van der Waals surface area contributed by atoms with Crippen LogP contribution in [0.3, 0.4) is 0 Å². The van der Waals surface area contributed by atoms with Gasteiger partial charge in [0, 0.05) is 18.0 Å². The van der Waals surface area contributed by atoms with E-state index in [-0.39, 0.29) is 17.9 Å². The molecule has 2 atom stereocenters. The standard InChI is InChI=1S/C27H34BBrN2O2S2/c1-4-6-8-10-16-30-23(18-12-14-20(28)34-18)22-25(32)31(17-11-9-7-5-2)24(27(22,3)26(30)33)19-13-15-21(29)35-19/h12-15,24H,4-11,16-17H2,1-3H3. The maximum Gasteiger partial charge on any atom is 0.253 e. The molecule has 1 saturated heterocycles. The molecule has 2 unspecified atom stereocenters. The van der Waals surface area contributed by atoms with Gasteiger partial charge in [0.05, 0.1) is 26.0 Å². The van der Waals surface area contributed by atoms with E-state index in [1.54, 1.807) is 11.3 Å². The molecule has 2 aliphatic heterocycles. The zero-order valence-corrected chi connectivity index (χ0v) is 24.2. The normalized spacial score (nSPS) is 22.1. The van der Waals surface area contributed by atoms with E-state index >= 15 is 0 Å². The van der Waals surface area contributed by atoms with Gasteiger partial charge in [0.25, 0.3) is 5.91 Å². The predicted octanol–water partition coefficient (Wildman–Crippen LogP) is 6.67. The highest BCUT2D eigenvalue weighted by molar-refractivity contribution is 9.11. The summed E-state index contributed by atoms with van der Waals surface area (Å²) in [6.07, 6.45) is 8.62.